The first-order valence-electron chi connectivity index (χ1n) is 27.2. The Hall–Kier alpha value is -12.2. The third-order valence-electron chi connectivity index (χ3n) is 12.9. The van der Waals surface area contributed by atoms with Crippen molar-refractivity contribution in [2.45, 2.75) is 12.8 Å². The minimum atomic E-state index is -1.77. The lowest BCUT2D eigenvalue weighted by Gasteiger charge is -2.32. The van der Waals surface area contributed by atoms with Gasteiger partial charge in [-0.3, -0.25) is 0 Å². The molecule has 35 nitrogen and oxygen atoms in total. The van der Waals surface area contributed by atoms with E-state index in [0.29, 0.717) is 0 Å². The van der Waals surface area contributed by atoms with Crippen molar-refractivity contribution in [2.75, 3.05) is 104 Å². The highest BCUT2D eigenvalue weighted by atomic mass is 17.3. The van der Waals surface area contributed by atoms with E-state index in [4.69, 9.17) is 100 Å². The molecule has 0 saturated heterocycles. The van der Waals surface area contributed by atoms with Crippen molar-refractivity contribution < 1.29 is 168 Å². The maximum absolute atomic E-state index is 13.5. The van der Waals surface area contributed by atoms with E-state index in [2.05, 4.69) is 19.6 Å². The van der Waals surface area contributed by atoms with E-state index in [9.17, 15) is 47.9 Å². The summed E-state index contributed by atoms with van der Waals surface area (Å²) in [7, 11) is 12.2. The van der Waals surface area contributed by atoms with Crippen molar-refractivity contribution in [1.29, 1.82) is 0 Å². The Labute approximate surface area is 538 Å². The van der Waals surface area contributed by atoms with Gasteiger partial charge in [0.2, 0.25) is 0 Å². The summed E-state index contributed by atoms with van der Waals surface area (Å²) in [6, 6.07) is 21.0. The fraction of sp³-hybridized carbons (Fsp3) is 0.333. The van der Waals surface area contributed by atoms with E-state index in [0.717, 1.165) is 0 Å². The van der Waals surface area contributed by atoms with Crippen molar-refractivity contribution in [2.24, 2.45) is 17.8 Å². The summed E-state index contributed by atoms with van der Waals surface area (Å²) in [6.45, 7) is -4.58. The van der Waals surface area contributed by atoms with Gasteiger partial charge in [-0.1, -0.05) is 30.3 Å². The summed E-state index contributed by atoms with van der Waals surface area (Å²) in [4.78, 5) is 180. The number of rotatable bonds is 29. The Morgan fingerprint density at radius 3 is 0.621 bits per heavy atom. The molecule has 0 spiro atoms. The fourth-order valence-corrected chi connectivity index (χ4v) is 8.55. The van der Waals surface area contributed by atoms with Gasteiger partial charge in [-0.15, -0.1) is 0 Å². The second kappa shape index (κ2) is 37.8. The Balaban J connectivity index is 1.51. The molecule has 2 unspecified atom stereocenters. The number of methoxy groups -OCH3 is 10. The Morgan fingerprint density at radius 2 is 0.432 bits per heavy atom. The van der Waals surface area contributed by atoms with Gasteiger partial charge >= 0.3 is 60.6 Å². The van der Waals surface area contributed by atoms with Crippen LogP contribution in [0.15, 0.2) is 91.0 Å². The van der Waals surface area contributed by atoms with Crippen LogP contribution in [-0.2, 0) is 72.6 Å². The fourth-order valence-electron chi connectivity index (χ4n) is 8.55. The van der Waals surface area contributed by atoms with Gasteiger partial charge in [0, 0.05) is 17.8 Å². The van der Waals surface area contributed by atoms with E-state index < -0.39 is 124 Å². The van der Waals surface area contributed by atoms with Crippen molar-refractivity contribution in [1.82, 2.24) is 0 Å². The van der Waals surface area contributed by atoms with E-state index in [1.165, 1.54) is 162 Å². The first-order valence-corrected chi connectivity index (χ1v) is 27.2. The molecule has 0 aliphatic carbocycles. The molecule has 0 fully saturated rings. The molecule has 5 rings (SSSR count). The zero-order chi connectivity index (χ0) is 69.4. The van der Waals surface area contributed by atoms with E-state index >= 15 is 0 Å². The summed E-state index contributed by atoms with van der Waals surface area (Å²) in [5, 5.41) is 0. The minimum Gasteiger partial charge on any atom is -0.496 e. The monoisotopic (exact) mass is 1340 g/mol. The van der Waals surface area contributed by atoms with Crippen LogP contribution in [0.5, 0.6) is 57.5 Å². The molecule has 0 heterocycles. The van der Waals surface area contributed by atoms with Crippen molar-refractivity contribution in [3.05, 3.63) is 119 Å². The molecule has 512 valence electrons. The maximum Gasteiger partial charge on any atom is 0.549 e. The lowest BCUT2D eigenvalue weighted by molar-refractivity contribution is -0.211. The molecular formula is C60H62O35. The highest BCUT2D eigenvalue weighted by Crippen LogP contribution is 2.35. The predicted octanol–water partition coefficient (Wildman–Crippen LogP) is 8.33. The molecule has 0 saturated carbocycles. The average molecular weight is 1340 g/mol. The second-order valence-electron chi connectivity index (χ2n) is 18.1. The van der Waals surface area contributed by atoms with Gasteiger partial charge in [-0.25, -0.2) is 72.8 Å². The number of hydrogen-bond acceptors (Lipinski definition) is 35. The van der Waals surface area contributed by atoms with E-state index in [1.54, 1.807) is 0 Å². The highest BCUT2D eigenvalue weighted by Gasteiger charge is 2.36. The van der Waals surface area contributed by atoms with Crippen LogP contribution >= 0.6 is 0 Å². The summed E-state index contributed by atoms with van der Waals surface area (Å²) in [5.41, 5.74) is -1.65. The van der Waals surface area contributed by atoms with Crippen LogP contribution in [0, 0.1) is 17.8 Å². The first kappa shape index (κ1) is 73.5. The van der Waals surface area contributed by atoms with Crippen molar-refractivity contribution in [3.63, 3.8) is 0 Å². The summed E-state index contributed by atoms with van der Waals surface area (Å²) in [6.07, 6.45) is -9.76. The minimum absolute atomic E-state index is 0.0499. The van der Waals surface area contributed by atoms with Crippen LogP contribution in [0.3, 0.4) is 0 Å². The van der Waals surface area contributed by atoms with Gasteiger partial charge in [0.25, 0.3) is 0 Å². The largest absolute Gasteiger partial charge is 0.549 e. The lowest BCUT2D eigenvalue weighted by Crippen LogP contribution is -2.37. The number of carbonyl (C=O) groups is 10. The van der Waals surface area contributed by atoms with Gasteiger partial charge in [0.15, 0.2) is 0 Å². The smallest absolute Gasteiger partial charge is 0.496 e. The third kappa shape index (κ3) is 20.9. The standard InChI is InChI=1S/C60H62O35/c1-71-36-16-11-17-37(72-2)46(36)51(61)86-91-56(66)81-28-26-33(30-83-58(68)93-88-53(63)48-40(75-5)20-13-21-41(48)76-6)35(32-85-60(70)95-90-55(65)50-44(79-9)24-15-25-45(50)80-10)34(31-84-59(69)94-89-54(64)49-42(77-7)22-14-23-43(49)78-8)27-29-82-57(67)92-87-52(62)47-38(73-3)18-12-19-39(47)74-4/h11-25,33-35H,26-32H2,1-10H3. The van der Waals surface area contributed by atoms with Crippen LogP contribution < -0.4 is 47.4 Å². The number of carbonyl (C=O) groups excluding carboxylic acids is 10. The molecule has 0 radical (unpaired) electrons. The first-order chi connectivity index (χ1) is 45.8. The van der Waals surface area contributed by atoms with Crippen molar-refractivity contribution >= 4 is 60.6 Å². The topological polar surface area (TPSA) is 401 Å². The SMILES string of the molecule is COc1cccc(OC)c1C(=O)OOC(=O)OCCC(COC(=O)OOC(=O)c1c(OC)cccc1OC)C(COC(=O)OOC(=O)c1c(OC)cccc1OC)C(CCOC(=O)OOC(=O)c1c(OC)cccc1OC)COC(=O)OOC(=O)c1c(OC)cccc1OC. The normalized spacial score (nSPS) is 11.2. The number of hydrogen-bond donors (Lipinski definition) is 0. The third-order valence-corrected chi connectivity index (χ3v) is 12.9. The molecule has 0 aliphatic rings. The quantitative estimate of drug-likeness (QED) is 0.0188. The molecule has 0 aromatic heterocycles. The molecule has 35 heteroatoms. The lowest BCUT2D eigenvalue weighted by atomic mass is 9.79. The molecule has 2 atom stereocenters. The number of benzene rings is 5. The summed E-state index contributed by atoms with van der Waals surface area (Å²) < 4.78 is 78.6. The molecule has 0 amide bonds. The van der Waals surface area contributed by atoms with Gasteiger partial charge in [0.05, 0.1) is 104 Å². The van der Waals surface area contributed by atoms with Gasteiger partial charge in [0.1, 0.15) is 85.3 Å². The average Bonchev–Trinajstić information content (AvgIpc) is 1.24. The molecule has 0 bridgehead atoms. The molecule has 0 N–H and O–H groups in total. The maximum atomic E-state index is 13.5. The molecule has 95 heavy (non-hydrogen) atoms. The van der Waals surface area contributed by atoms with Crippen molar-refractivity contribution in [3.8, 4) is 57.5 Å². The molecule has 0 aliphatic heterocycles. The van der Waals surface area contributed by atoms with Crippen LogP contribution in [0.1, 0.15) is 64.6 Å². The van der Waals surface area contributed by atoms with Crippen LogP contribution in [0.2, 0.25) is 0 Å². The Morgan fingerprint density at radius 1 is 0.253 bits per heavy atom. The Bertz CT molecular complexity index is 3180. The van der Waals surface area contributed by atoms with Crippen LogP contribution in [0.25, 0.3) is 0 Å². The second-order valence-corrected chi connectivity index (χ2v) is 18.1. The van der Waals surface area contributed by atoms with Crippen LogP contribution in [0.4, 0.5) is 24.0 Å². The molecule has 5 aromatic carbocycles. The summed E-state index contributed by atoms with van der Waals surface area (Å²) in [5.74, 6) is -11.8. The van der Waals surface area contributed by atoms with Gasteiger partial charge < -0.3 is 71.1 Å². The van der Waals surface area contributed by atoms with E-state index in [1.807, 2.05) is 0 Å². The Kier molecular flexibility index (Phi) is 29.3. The molecular weight excluding hydrogens is 1280 g/mol. The predicted molar refractivity (Wildman–Crippen MR) is 307 cm³/mol. The van der Waals surface area contributed by atoms with Crippen LogP contribution in [-0.4, -0.2) is 165 Å². The zero-order valence-electron chi connectivity index (χ0n) is 52.1. The van der Waals surface area contributed by atoms with Gasteiger partial charge in [-0.05, 0) is 73.5 Å². The van der Waals surface area contributed by atoms with Gasteiger partial charge in [-0.2, -0.15) is 24.0 Å². The number of ether oxygens (including phenoxy) is 15. The molecule has 5 aromatic rings. The zero-order valence-corrected chi connectivity index (χ0v) is 52.1. The van der Waals surface area contributed by atoms with E-state index in [-0.39, 0.29) is 85.3 Å². The highest BCUT2D eigenvalue weighted by molar-refractivity contribution is 5.98. The summed E-state index contributed by atoms with van der Waals surface area (Å²) >= 11 is 0.